The first-order valence-electron chi connectivity index (χ1n) is 10.1. The molecule has 1 saturated heterocycles. The number of ether oxygens (including phenoxy) is 2. The smallest absolute Gasteiger partial charge is 0.271 e. The quantitative estimate of drug-likeness (QED) is 0.415. The molecule has 1 fully saturated rings. The Morgan fingerprint density at radius 3 is 2.27 bits per heavy atom. The van der Waals surface area contributed by atoms with Crippen LogP contribution in [-0.2, 0) is 14.8 Å². The van der Waals surface area contributed by atoms with Crippen LogP contribution in [0.2, 0.25) is 0 Å². The highest BCUT2D eigenvalue weighted by atomic mass is 32.2. The number of benzene rings is 2. The predicted octanol–water partition coefficient (Wildman–Crippen LogP) is 1.73. The van der Waals surface area contributed by atoms with Crippen molar-refractivity contribution in [2.45, 2.75) is 0 Å². The second-order valence-electron chi connectivity index (χ2n) is 7.42. The molecular formula is C21H26N4O7S. The summed E-state index contributed by atoms with van der Waals surface area (Å²) in [5, 5.41) is 11.2. The zero-order valence-corrected chi connectivity index (χ0v) is 19.4. The van der Waals surface area contributed by atoms with Crippen molar-refractivity contribution in [2.75, 3.05) is 62.4 Å². The van der Waals surface area contributed by atoms with Crippen molar-refractivity contribution in [2.24, 2.45) is 0 Å². The maximum Gasteiger partial charge on any atom is 0.271 e. The van der Waals surface area contributed by atoms with E-state index in [1.807, 2.05) is 24.3 Å². The minimum atomic E-state index is -3.93. The van der Waals surface area contributed by atoms with Crippen LogP contribution in [0, 0.1) is 10.1 Å². The summed E-state index contributed by atoms with van der Waals surface area (Å²) < 4.78 is 36.5. The van der Waals surface area contributed by atoms with Gasteiger partial charge in [-0.2, -0.15) is 0 Å². The normalized spacial score (nSPS) is 14.0. The maximum absolute atomic E-state index is 13.0. The fourth-order valence-corrected chi connectivity index (χ4v) is 4.52. The van der Waals surface area contributed by atoms with E-state index in [0.717, 1.165) is 28.1 Å². The van der Waals surface area contributed by atoms with Crippen LogP contribution in [0.3, 0.4) is 0 Å². The number of nitro benzene ring substituents is 1. The number of nitro groups is 1. The second-order valence-corrected chi connectivity index (χ2v) is 9.33. The molecule has 178 valence electrons. The molecule has 0 unspecified atom stereocenters. The molecule has 0 saturated carbocycles. The minimum Gasteiger partial charge on any atom is -0.495 e. The lowest BCUT2D eigenvalue weighted by molar-refractivity contribution is -0.384. The summed E-state index contributed by atoms with van der Waals surface area (Å²) in [4.78, 5) is 27.2. The third-order valence-electron chi connectivity index (χ3n) is 5.38. The first-order chi connectivity index (χ1) is 15.7. The Labute approximate surface area is 192 Å². The zero-order valence-electron chi connectivity index (χ0n) is 18.6. The summed E-state index contributed by atoms with van der Waals surface area (Å²) in [6, 6.07) is 11.2. The van der Waals surface area contributed by atoms with Gasteiger partial charge in [0.15, 0.2) is 0 Å². The van der Waals surface area contributed by atoms with Crippen LogP contribution in [0.15, 0.2) is 42.5 Å². The minimum absolute atomic E-state index is 0.0600. The molecule has 2 aromatic carbocycles. The third-order valence-corrected chi connectivity index (χ3v) is 6.51. The maximum atomic E-state index is 13.0. The lowest BCUT2D eigenvalue weighted by atomic mass is 10.2. The van der Waals surface area contributed by atoms with E-state index in [1.165, 1.54) is 19.2 Å². The summed E-state index contributed by atoms with van der Waals surface area (Å²) in [5.74, 6) is 0.437. The Morgan fingerprint density at radius 1 is 1.06 bits per heavy atom. The van der Waals surface area contributed by atoms with Crippen LogP contribution < -0.4 is 18.7 Å². The van der Waals surface area contributed by atoms with Crippen LogP contribution in [0.4, 0.5) is 17.1 Å². The number of nitrogens with zero attached hydrogens (tertiary/aromatic N) is 4. The monoisotopic (exact) mass is 478 g/mol. The molecule has 1 heterocycles. The van der Waals surface area contributed by atoms with E-state index in [9.17, 15) is 23.3 Å². The second kappa shape index (κ2) is 9.94. The van der Waals surface area contributed by atoms with Gasteiger partial charge in [0.05, 0.1) is 31.1 Å². The van der Waals surface area contributed by atoms with Crippen molar-refractivity contribution in [1.29, 1.82) is 0 Å². The number of methoxy groups -OCH3 is 2. The van der Waals surface area contributed by atoms with E-state index in [-0.39, 0.29) is 17.1 Å². The predicted molar refractivity (Wildman–Crippen MR) is 124 cm³/mol. The Balaban J connectivity index is 1.78. The number of para-hydroxylation sites is 2. The molecule has 0 N–H and O–H groups in total. The van der Waals surface area contributed by atoms with Gasteiger partial charge in [-0.1, -0.05) is 12.1 Å². The molecule has 1 aliphatic rings. The van der Waals surface area contributed by atoms with E-state index in [4.69, 9.17) is 9.47 Å². The Morgan fingerprint density at radius 2 is 1.70 bits per heavy atom. The standard InChI is InChI=1S/C21H26N4O7S/c1-31-19-7-5-4-6-17(19)22-10-12-23(13-11-22)21(26)15-24(33(3,29)30)18-14-16(25(27)28)8-9-20(18)32-2/h4-9,14H,10-13,15H2,1-3H3. The van der Waals surface area contributed by atoms with Crippen LogP contribution >= 0.6 is 0 Å². The molecular weight excluding hydrogens is 452 g/mol. The largest absolute Gasteiger partial charge is 0.495 e. The molecule has 0 aromatic heterocycles. The highest BCUT2D eigenvalue weighted by Crippen LogP contribution is 2.34. The van der Waals surface area contributed by atoms with Gasteiger partial charge in [-0.25, -0.2) is 8.42 Å². The topological polar surface area (TPSA) is 123 Å². The molecule has 0 radical (unpaired) electrons. The first kappa shape index (κ1) is 24.1. The average Bonchev–Trinajstić information content (AvgIpc) is 2.81. The number of piperazine rings is 1. The van der Waals surface area contributed by atoms with Crippen LogP contribution in [0.25, 0.3) is 0 Å². The molecule has 0 spiro atoms. The van der Waals surface area contributed by atoms with Gasteiger partial charge in [-0.3, -0.25) is 19.2 Å². The van der Waals surface area contributed by atoms with Gasteiger partial charge < -0.3 is 19.3 Å². The molecule has 33 heavy (non-hydrogen) atoms. The highest BCUT2D eigenvalue weighted by Gasteiger charge is 2.30. The van der Waals surface area contributed by atoms with Gasteiger partial charge in [0.1, 0.15) is 23.7 Å². The van der Waals surface area contributed by atoms with Gasteiger partial charge in [0.25, 0.3) is 5.69 Å². The molecule has 0 bridgehead atoms. The van der Waals surface area contributed by atoms with Gasteiger partial charge in [-0.15, -0.1) is 0 Å². The Bertz CT molecular complexity index is 1130. The molecule has 0 atom stereocenters. The average molecular weight is 479 g/mol. The third kappa shape index (κ3) is 5.45. The number of amides is 1. The summed E-state index contributed by atoms with van der Waals surface area (Å²) >= 11 is 0. The molecule has 0 aliphatic carbocycles. The number of carbonyl (C=O) groups is 1. The van der Waals surface area contributed by atoms with E-state index in [0.29, 0.717) is 26.2 Å². The molecule has 3 rings (SSSR count). The van der Waals surface area contributed by atoms with Crippen molar-refractivity contribution >= 4 is 33.0 Å². The van der Waals surface area contributed by atoms with Crippen LogP contribution in [-0.4, -0.2) is 77.3 Å². The molecule has 2 aromatic rings. The van der Waals surface area contributed by atoms with Crippen molar-refractivity contribution < 1.29 is 27.6 Å². The van der Waals surface area contributed by atoms with Gasteiger partial charge in [0.2, 0.25) is 15.9 Å². The van der Waals surface area contributed by atoms with Crippen molar-refractivity contribution in [3.8, 4) is 11.5 Å². The number of carbonyl (C=O) groups excluding carboxylic acids is 1. The number of hydrogen-bond acceptors (Lipinski definition) is 8. The highest BCUT2D eigenvalue weighted by molar-refractivity contribution is 7.92. The summed E-state index contributed by atoms with van der Waals surface area (Å²) in [5.41, 5.74) is 0.554. The van der Waals surface area contributed by atoms with Crippen molar-refractivity contribution in [1.82, 2.24) is 4.90 Å². The lowest BCUT2D eigenvalue weighted by Gasteiger charge is -2.37. The van der Waals surface area contributed by atoms with Crippen molar-refractivity contribution in [3.05, 3.63) is 52.6 Å². The number of non-ortho nitro benzene ring substituents is 1. The summed E-state index contributed by atoms with van der Waals surface area (Å²) in [6.45, 7) is 1.38. The molecule has 11 nitrogen and oxygen atoms in total. The number of anilines is 2. The van der Waals surface area contributed by atoms with E-state index in [2.05, 4.69) is 4.90 Å². The molecule has 1 aliphatic heterocycles. The lowest BCUT2D eigenvalue weighted by Crippen LogP contribution is -2.52. The van der Waals surface area contributed by atoms with Crippen LogP contribution in [0.5, 0.6) is 11.5 Å². The Kier molecular flexibility index (Phi) is 7.26. The van der Waals surface area contributed by atoms with Gasteiger partial charge in [-0.05, 0) is 18.2 Å². The first-order valence-corrected chi connectivity index (χ1v) is 12.0. The Hall–Kier alpha value is -3.54. The van der Waals surface area contributed by atoms with E-state index >= 15 is 0 Å². The summed E-state index contributed by atoms with van der Waals surface area (Å²) in [6.07, 6.45) is 0.943. The molecule has 1 amide bonds. The van der Waals surface area contributed by atoms with E-state index < -0.39 is 27.4 Å². The van der Waals surface area contributed by atoms with Gasteiger partial charge in [0, 0.05) is 38.3 Å². The van der Waals surface area contributed by atoms with E-state index in [1.54, 1.807) is 12.0 Å². The van der Waals surface area contributed by atoms with Gasteiger partial charge >= 0.3 is 0 Å². The van der Waals surface area contributed by atoms with Crippen molar-refractivity contribution in [3.63, 3.8) is 0 Å². The number of sulfonamides is 1. The zero-order chi connectivity index (χ0) is 24.2. The van der Waals surface area contributed by atoms with Crippen LogP contribution in [0.1, 0.15) is 0 Å². The molecule has 12 heteroatoms. The fraction of sp³-hybridized carbons (Fsp3) is 0.381. The SMILES string of the molecule is COc1ccccc1N1CCN(C(=O)CN(c2cc([N+](=O)[O-])ccc2OC)S(C)(=O)=O)CC1. The number of hydrogen-bond donors (Lipinski definition) is 0. The summed E-state index contributed by atoms with van der Waals surface area (Å²) in [7, 11) is -1.01. The number of rotatable bonds is 8. The fourth-order valence-electron chi connectivity index (χ4n) is 3.68.